The lowest BCUT2D eigenvalue weighted by molar-refractivity contribution is -0.130. The quantitative estimate of drug-likeness (QED) is 0.539. The van der Waals surface area contributed by atoms with Crippen molar-refractivity contribution in [1.29, 1.82) is 0 Å². The number of likely N-dealkylation sites (tertiary alicyclic amines) is 1. The van der Waals surface area contributed by atoms with Gasteiger partial charge < -0.3 is 14.6 Å². The van der Waals surface area contributed by atoms with Crippen LogP contribution in [0.3, 0.4) is 0 Å². The van der Waals surface area contributed by atoms with Crippen LogP contribution in [0.1, 0.15) is 25.8 Å². The summed E-state index contributed by atoms with van der Waals surface area (Å²) in [4.78, 5) is 26.5. The van der Waals surface area contributed by atoms with Crippen molar-refractivity contribution < 1.29 is 9.21 Å². The SMILES string of the molecule is CC(=O)N1CCC(n2cc(Nc3nc(-c4cocn4)nc4cn[nH]c34)cn2)CC1. The van der Waals surface area contributed by atoms with Crippen LogP contribution in [0.5, 0.6) is 0 Å². The summed E-state index contributed by atoms with van der Waals surface area (Å²) in [6, 6.07) is 0.268. The van der Waals surface area contributed by atoms with E-state index >= 15 is 0 Å². The minimum Gasteiger partial charge on any atom is -0.451 e. The number of carbonyl (C=O) groups excluding carboxylic acids is 1. The van der Waals surface area contributed by atoms with Crippen molar-refractivity contribution in [3.05, 3.63) is 31.2 Å². The molecule has 1 aliphatic rings. The molecule has 1 aliphatic heterocycles. The maximum Gasteiger partial charge on any atom is 0.219 e. The minimum atomic E-state index is 0.126. The topological polar surface area (TPSA) is 131 Å². The normalized spacial score (nSPS) is 15.1. The average Bonchev–Trinajstić information content (AvgIpc) is 3.49. The van der Waals surface area contributed by atoms with Gasteiger partial charge in [-0.2, -0.15) is 10.2 Å². The zero-order chi connectivity index (χ0) is 19.8. The monoisotopic (exact) mass is 393 g/mol. The predicted molar refractivity (Wildman–Crippen MR) is 103 cm³/mol. The summed E-state index contributed by atoms with van der Waals surface area (Å²) < 4.78 is 6.99. The molecule has 5 rings (SSSR count). The van der Waals surface area contributed by atoms with Crippen LogP contribution < -0.4 is 5.32 Å². The van der Waals surface area contributed by atoms with Gasteiger partial charge in [0.15, 0.2) is 18.0 Å². The van der Waals surface area contributed by atoms with Crippen LogP contribution >= 0.6 is 0 Å². The first-order valence-corrected chi connectivity index (χ1v) is 9.34. The van der Waals surface area contributed by atoms with Gasteiger partial charge in [-0.1, -0.05) is 0 Å². The second-order valence-electron chi connectivity index (χ2n) is 6.97. The standard InChI is InChI=1S/C18H19N9O2/c1-11(28)26-4-2-13(3-5-26)27-8-12(6-21-27)22-18-16-14(7-20-25-16)23-17(24-18)15-9-29-10-19-15/h6-10,13H,2-5H2,1H3,(H,20,25)(H,22,23,24). The fourth-order valence-electron chi connectivity index (χ4n) is 3.55. The van der Waals surface area contributed by atoms with E-state index in [1.54, 1.807) is 19.3 Å². The molecule has 148 valence electrons. The number of hydrogen-bond acceptors (Lipinski definition) is 8. The second-order valence-corrected chi connectivity index (χ2v) is 6.97. The third kappa shape index (κ3) is 3.30. The van der Waals surface area contributed by atoms with Gasteiger partial charge in [0.1, 0.15) is 23.0 Å². The highest BCUT2D eigenvalue weighted by atomic mass is 16.3. The maximum absolute atomic E-state index is 11.5. The van der Waals surface area contributed by atoms with Crippen LogP contribution in [0.15, 0.2) is 35.7 Å². The number of aromatic nitrogens is 7. The van der Waals surface area contributed by atoms with Crippen LogP contribution in [0.4, 0.5) is 11.5 Å². The Hall–Kier alpha value is -3.76. The number of hydrogen-bond donors (Lipinski definition) is 2. The van der Waals surface area contributed by atoms with Gasteiger partial charge in [0.2, 0.25) is 5.91 Å². The van der Waals surface area contributed by atoms with E-state index in [1.807, 2.05) is 15.8 Å². The van der Waals surface area contributed by atoms with Crippen molar-refractivity contribution in [2.24, 2.45) is 0 Å². The molecule has 0 atom stereocenters. The molecule has 4 aromatic rings. The van der Waals surface area contributed by atoms with Crippen LogP contribution in [-0.4, -0.2) is 58.8 Å². The highest BCUT2D eigenvalue weighted by Gasteiger charge is 2.22. The first-order chi connectivity index (χ1) is 14.2. The molecule has 0 bridgehead atoms. The van der Waals surface area contributed by atoms with Crippen molar-refractivity contribution in [2.45, 2.75) is 25.8 Å². The van der Waals surface area contributed by atoms with Crippen molar-refractivity contribution in [3.8, 4) is 11.5 Å². The molecular weight excluding hydrogens is 374 g/mol. The highest BCUT2D eigenvalue weighted by molar-refractivity contribution is 5.88. The zero-order valence-electron chi connectivity index (χ0n) is 15.7. The van der Waals surface area contributed by atoms with E-state index in [0.29, 0.717) is 28.4 Å². The molecule has 4 aromatic heterocycles. The number of piperidine rings is 1. The Morgan fingerprint density at radius 1 is 1.28 bits per heavy atom. The van der Waals surface area contributed by atoms with E-state index in [2.05, 4.69) is 35.6 Å². The number of oxazole rings is 1. The van der Waals surface area contributed by atoms with Crippen LogP contribution in [0, 0.1) is 0 Å². The van der Waals surface area contributed by atoms with Crippen LogP contribution in [0.2, 0.25) is 0 Å². The van der Waals surface area contributed by atoms with Gasteiger partial charge in [0, 0.05) is 26.2 Å². The summed E-state index contributed by atoms with van der Waals surface area (Å²) in [6.45, 7) is 3.12. The molecule has 29 heavy (non-hydrogen) atoms. The van der Waals surface area contributed by atoms with Gasteiger partial charge in [-0.05, 0) is 12.8 Å². The molecule has 1 amide bonds. The number of H-pyrrole nitrogens is 1. The molecule has 0 aliphatic carbocycles. The highest BCUT2D eigenvalue weighted by Crippen LogP contribution is 2.27. The Morgan fingerprint density at radius 2 is 2.14 bits per heavy atom. The molecule has 0 saturated carbocycles. The number of fused-ring (bicyclic) bond motifs is 1. The second kappa shape index (κ2) is 7.00. The van der Waals surface area contributed by atoms with Gasteiger partial charge in [0.05, 0.1) is 24.1 Å². The van der Waals surface area contributed by atoms with Gasteiger partial charge in [-0.3, -0.25) is 14.6 Å². The summed E-state index contributed by atoms with van der Waals surface area (Å²) in [5, 5.41) is 14.8. The number of carbonyl (C=O) groups is 1. The lowest BCUT2D eigenvalue weighted by Gasteiger charge is -2.31. The lowest BCUT2D eigenvalue weighted by Crippen LogP contribution is -2.37. The Morgan fingerprint density at radius 3 is 2.90 bits per heavy atom. The zero-order valence-corrected chi connectivity index (χ0v) is 15.7. The predicted octanol–water partition coefficient (Wildman–Crippen LogP) is 2.13. The van der Waals surface area contributed by atoms with Crippen molar-refractivity contribution in [2.75, 3.05) is 18.4 Å². The van der Waals surface area contributed by atoms with E-state index < -0.39 is 0 Å². The van der Waals surface area contributed by atoms with Gasteiger partial charge >= 0.3 is 0 Å². The Bertz CT molecular complexity index is 1140. The molecule has 2 N–H and O–H groups in total. The van der Waals surface area contributed by atoms with E-state index in [9.17, 15) is 4.79 Å². The molecule has 11 nitrogen and oxygen atoms in total. The fraction of sp³-hybridized carbons (Fsp3) is 0.333. The summed E-state index contributed by atoms with van der Waals surface area (Å²) in [6.07, 6.45) is 9.96. The number of nitrogens with one attached hydrogen (secondary N) is 2. The number of aromatic amines is 1. The van der Waals surface area contributed by atoms with Gasteiger partial charge in [0.25, 0.3) is 0 Å². The van der Waals surface area contributed by atoms with Crippen molar-refractivity contribution >= 4 is 28.4 Å². The van der Waals surface area contributed by atoms with Crippen molar-refractivity contribution in [1.82, 2.24) is 39.8 Å². The Balaban J connectivity index is 1.38. The third-order valence-electron chi connectivity index (χ3n) is 5.11. The number of amides is 1. The molecule has 0 spiro atoms. The summed E-state index contributed by atoms with van der Waals surface area (Å²) >= 11 is 0. The Labute approximate surface area is 165 Å². The van der Waals surface area contributed by atoms with Crippen LogP contribution in [0.25, 0.3) is 22.6 Å². The van der Waals surface area contributed by atoms with E-state index in [0.717, 1.165) is 31.6 Å². The summed E-state index contributed by atoms with van der Waals surface area (Å²) in [7, 11) is 0. The first-order valence-electron chi connectivity index (χ1n) is 9.34. The number of rotatable bonds is 4. The maximum atomic E-state index is 11.5. The number of anilines is 2. The molecule has 1 saturated heterocycles. The molecule has 5 heterocycles. The van der Waals surface area contributed by atoms with Crippen molar-refractivity contribution in [3.63, 3.8) is 0 Å². The van der Waals surface area contributed by atoms with Crippen LogP contribution in [-0.2, 0) is 4.79 Å². The summed E-state index contributed by atoms with van der Waals surface area (Å²) in [5.74, 6) is 1.15. The molecule has 0 aromatic carbocycles. The molecule has 0 radical (unpaired) electrons. The van der Waals surface area contributed by atoms with Gasteiger partial charge in [-0.15, -0.1) is 0 Å². The molecule has 0 unspecified atom stereocenters. The van der Waals surface area contributed by atoms with E-state index in [1.165, 1.54) is 12.7 Å². The number of nitrogens with zero attached hydrogens (tertiary/aromatic N) is 7. The lowest BCUT2D eigenvalue weighted by atomic mass is 10.1. The smallest absolute Gasteiger partial charge is 0.219 e. The molecular formula is C18H19N9O2. The Kier molecular flexibility index (Phi) is 4.19. The minimum absolute atomic E-state index is 0.126. The summed E-state index contributed by atoms with van der Waals surface area (Å²) in [5.41, 5.74) is 2.72. The largest absolute Gasteiger partial charge is 0.451 e. The van der Waals surface area contributed by atoms with E-state index in [4.69, 9.17) is 4.42 Å². The molecule has 1 fully saturated rings. The average molecular weight is 393 g/mol. The fourth-order valence-corrected chi connectivity index (χ4v) is 3.55. The van der Waals surface area contributed by atoms with Gasteiger partial charge in [-0.25, -0.2) is 15.0 Å². The third-order valence-corrected chi connectivity index (χ3v) is 5.11. The molecule has 11 heteroatoms. The first kappa shape index (κ1) is 17.3. The van der Waals surface area contributed by atoms with E-state index in [-0.39, 0.29) is 11.9 Å².